The van der Waals surface area contributed by atoms with Crippen LogP contribution in [-0.2, 0) is 6.42 Å². The Hall–Kier alpha value is -3.53. The summed E-state index contributed by atoms with van der Waals surface area (Å²) in [5, 5.41) is 18.5. The van der Waals surface area contributed by atoms with Gasteiger partial charge in [0.2, 0.25) is 0 Å². The molecule has 1 aromatic carbocycles. The van der Waals surface area contributed by atoms with Crippen molar-refractivity contribution in [2.45, 2.75) is 6.42 Å². The average Bonchev–Trinajstić information content (AvgIpc) is 3.52. The maximum atomic E-state index is 4.36. The van der Waals surface area contributed by atoms with Crippen LogP contribution in [0.25, 0.3) is 22.9 Å². The van der Waals surface area contributed by atoms with Crippen LogP contribution in [0.2, 0.25) is 0 Å². The van der Waals surface area contributed by atoms with Gasteiger partial charge in [0.1, 0.15) is 0 Å². The molecule has 1 N–H and O–H groups in total. The Morgan fingerprint density at radius 1 is 1.10 bits per heavy atom. The van der Waals surface area contributed by atoms with Crippen LogP contribution in [0.3, 0.4) is 0 Å². The zero-order valence-corrected chi connectivity index (χ0v) is 17.7. The SMILES string of the molecule is CN(CCc1ccnc2ccnn12)c1ccc(-n2cc(Br)cc2-c2nnn[nH]2)cc1. The van der Waals surface area contributed by atoms with E-state index in [0.717, 1.165) is 45.8 Å². The molecule has 0 bridgehead atoms. The number of nitrogens with zero attached hydrogens (tertiary/aromatic N) is 8. The molecule has 0 aliphatic carbocycles. The minimum absolute atomic E-state index is 0.615. The number of halogens is 1. The van der Waals surface area contributed by atoms with Gasteiger partial charge in [-0.15, -0.1) is 5.10 Å². The first-order chi connectivity index (χ1) is 14.7. The Bertz CT molecular complexity index is 1270. The van der Waals surface area contributed by atoms with E-state index in [-0.39, 0.29) is 0 Å². The van der Waals surface area contributed by atoms with E-state index in [1.165, 1.54) is 0 Å². The van der Waals surface area contributed by atoms with Crippen molar-refractivity contribution >= 4 is 27.3 Å². The summed E-state index contributed by atoms with van der Waals surface area (Å²) in [5.74, 6) is 0.615. The van der Waals surface area contributed by atoms with Crippen LogP contribution < -0.4 is 4.90 Å². The van der Waals surface area contributed by atoms with Crippen molar-refractivity contribution < 1.29 is 0 Å². The Kier molecular flexibility index (Phi) is 4.75. The van der Waals surface area contributed by atoms with E-state index in [1.807, 2.05) is 39.7 Å². The first kappa shape index (κ1) is 18.5. The second-order valence-corrected chi connectivity index (χ2v) is 7.80. The van der Waals surface area contributed by atoms with Gasteiger partial charge in [0.25, 0.3) is 0 Å². The quantitative estimate of drug-likeness (QED) is 0.415. The van der Waals surface area contributed by atoms with E-state index in [2.05, 4.69) is 82.8 Å². The minimum Gasteiger partial charge on any atom is -0.374 e. The normalized spacial score (nSPS) is 11.3. The summed E-state index contributed by atoms with van der Waals surface area (Å²) < 4.78 is 4.89. The van der Waals surface area contributed by atoms with Crippen LogP contribution >= 0.6 is 15.9 Å². The van der Waals surface area contributed by atoms with Gasteiger partial charge in [-0.2, -0.15) is 5.10 Å². The van der Waals surface area contributed by atoms with Gasteiger partial charge in [0.05, 0.1) is 11.9 Å². The summed E-state index contributed by atoms with van der Waals surface area (Å²) in [4.78, 5) is 6.55. The lowest BCUT2D eigenvalue weighted by Gasteiger charge is -2.20. The van der Waals surface area contributed by atoms with E-state index in [1.54, 1.807) is 6.20 Å². The minimum atomic E-state index is 0.615. The van der Waals surface area contributed by atoms with Gasteiger partial charge in [-0.3, -0.25) is 0 Å². The number of aromatic amines is 1. The number of hydrogen-bond donors (Lipinski definition) is 1. The number of aromatic nitrogens is 8. The molecule has 0 aliphatic heterocycles. The molecule has 0 radical (unpaired) electrons. The number of nitrogens with one attached hydrogen (secondary N) is 1. The topological polar surface area (TPSA) is 92.8 Å². The summed E-state index contributed by atoms with van der Waals surface area (Å²) >= 11 is 3.54. The number of likely N-dealkylation sites (N-methyl/N-ethyl adjacent to an activating group) is 1. The van der Waals surface area contributed by atoms with E-state index in [0.29, 0.717) is 5.82 Å². The molecule has 30 heavy (non-hydrogen) atoms. The largest absolute Gasteiger partial charge is 0.374 e. The summed E-state index contributed by atoms with van der Waals surface area (Å²) in [6, 6.07) is 14.3. The zero-order valence-electron chi connectivity index (χ0n) is 16.1. The van der Waals surface area contributed by atoms with Gasteiger partial charge in [0, 0.05) is 60.0 Å². The molecule has 0 saturated heterocycles. The van der Waals surface area contributed by atoms with Crippen molar-refractivity contribution in [3.05, 3.63) is 71.2 Å². The van der Waals surface area contributed by atoms with Crippen molar-refractivity contribution in [2.75, 3.05) is 18.5 Å². The third-order valence-electron chi connectivity index (χ3n) is 5.02. The van der Waals surface area contributed by atoms with Gasteiger partial charge >= 0.3 is 0 Å². The Morgan fingerprint density at radius 3 is 2.77 bits per heavy atom. The average molecular weight is 464 g/mol. The molecule has 10 heteroatoms. The van der Waals surface area contributed by atoms with Crippen LogP contribution in [0, 0.1) is 0 Å². The molecule has 0 amide bonds. The molecule has 9 nitrogen and oxygen atoms in total. The maximum absolute atomic E-state index is 4.36. The van der Waals surface area contributed by atoms with Gasteiger partial charge < -0.3 is 9.47 Å². The zero-order chi connectivity index (χ0) is 20.5. The van der Waals surface area contributed by atoms with Gasteiger partial charge in [-0.05, 0) is 62.8 Å². The molecule has 4 heterocycles. The number of H-pyrrole nitrogens is 1. The Labute approximate surface area is 180 Å². The molecular weight excluding hydrogens is 446 g/mol. The first-order valence-electron chi connectivity index (χ1n) is 9.40. The third-order valence-corrected chi connectivity index (χ3v) is 5.45. The van der Waals surface area contributed by atoms with E-state index in [9.17, 15) is 0 Å². The van der Waals surface area contributed by atoms with Crippen LogP contribution in [0.5, 0.6) is 0 Å². The van der Waals surface area contributed by atoms with Crippen LogP contribution in [0.1, 0.15) is 5.69 Å². The number of fused-ring (bicyclic) bond motifs is 1. The van der Waals surface area contributed by atoms with Gasteiger partial charge in [-0.1, -0.05) is 0 Å². The van der Waals surface area contributed by atoms with Crippen molar-refractivity contribution in [3.63, 3.8) is 0 Å². The van der Waals surface area contributed by atoms with Crippen molar-refractivity contribution in [2.24, 2.45) is 0 Å². The molecule has 0 spiro atoms. The molecule has 4 aromatic heterocycles. The van der Waals surface area contributed by atoms with Gasteiger partial charge in [-0.25, -0.2) is 14.6 Å². The Morgan fingerprint density at radius 2 is 1.97 bits per heavy atom. The third kappa shape index (κ3) is 3.45. The van der Waals surface area contributed by atoms with E-state index < -0.39 is 0 Å². The fourth-order valence-corrected chi connectivity index (χ4v) is 3.87. The summed E-state index contributed by atoms with van der Waals surface area (Å²) in [5.41, 5.74) is 5.05. The molecule has 0 atom stereocenters. The molecule has 0 saturated carbocycles. The van der Waals surface area contributed by atoms with Gasteiger partial charge in [0.15, 0.2) is 11.5 Å². The fourth-order valence-electron chi connectivity index (χ4n) is 3.45. The number of tetrazole rings is 1. The monoisotopic (exact) mass is 463 g/mol. The highest BCUT2D eigenvalue weighted by Crippen LogP contribution is 2.27. The molecule has 0 unspecified atom stereocenters. The number of benzene rings is 1. The maximum Gasteiger partial charge on any atom is 0.196 e. The smallest absolute Gasteiger partial charge is 0.196 e. The summed E-state index contributed by atoms with van der Waals surface area (Å²) in [6.07, 6.45) is 6.47. The molecule has 0 fully saturated rings. The van der Waals surface area contributed by atoms with Crippen molar-refractivity contribution in [1.82, 2.24) is 39.8 Å². The molecule has 0 aliphatic rings. The highest BCUT2D eigenvalue weighted by molar-refractivity contribution is 9.10. The summed E-state index contributed by atoms with van der Waals surface area (Å²) in [7, 11) is 2.09. The number of rotatable bonds is 6. The van der Waals surface area contributed by atoms with Crippen LogP contribution in [-0.4, -0.2) is 53.4 Å². The second kappa shape index (κ2) is 7.71. The van der Waals surface area contributed by atoms with E-state index >= 15 is 0 Å². The lowest BCUT2D eigenvalue weighted by Crippen LogP contribution is -2.21. The lowest BCUT2D eigenvalue weighted by molar-refractivity contribution is 0.790. The highest BCUT2D eigenvalue weighted by atomic mass is 79.9. The fraction of sp³-hybridized carbons (Fsp3) is 0.150. The Balaban J connectivity index is 1.33. The van der Waals surface area contributed by atoms with Crippen LogP contribution in [0.4, 0.5) is 5.69 Å². The lowest BCUT2D eigenvalue weighted by atomic mass is 10.2. The molecular formula is C20H18BrN9. The van der Waals surface area contributed by atoms with E-state index in [4.69, 9.17) is 0 Å². The number of hydrogen-bond acceptors (Lipinski definition) is 6. The second-order valence-electron chi connectivity index (χ2n) is 6.89. The van der Waals surface area contributed by atoms with Crippen molar-refractivity contribution in [1.29, 1.82) is 0 Å². The van der Waals surface area contributed by atoms with Crippen LogP contribution in [0.15, 0.2) is 65.5 Å². The number of anilines is 1. The first-order valence-corrected chi connectivity index (χ1v) is 10.2. The summed E-state index contributed by atoms with van der Waals surface area (Å²) in [6.45, 7) is 0.863. The van der Waals surface area contributed by atoms with Crippen molar-refractivity contribution in [3.8, 4) is 17.2 Å². The predicted octanol–water partition coefficient (Wildman–Crippen LogP) is 3.14. The molecule has 150 valence electrons. The molecule has 5 rings (SSSR count). The standard InChI is InChI=1S/C20H18BrN9/c1-28(11-8-17-6-9-22-19-7-10-23-30(17)19)15-2-4-16(5-3-15)29-13-14(21)12-18(29)20-24-26-27-25-20/h2-7,9-10,12-13H,8,11H2,1H3,(H,24,25,26,27). The molecule has 5 aromatic rings. The predicted molar refractivity (Wildman–Crippen MR) is 117 cm³/mol. The highest BCUT2D eigenvalue weighted by Gasteiger charge is 2.12.